The molecule has 1 aromatic heterocycles. The van der Waals surface area contributed by atoms with Crippen molar-refractivity contribution >= 4 is 0 Å². The minimum absolute atomic E-state index is 0.520. The van der Waals surface area contributed by atoms with Gasteiger partial charge in [-0.3, -0.25) is 9.88 Å². The van der Waals surface area contributed by atoms with Gasteiger partial charge in [0.25, 0.3) is 0 Å². The van der Waals surface area contributed by atoms with Crippen LogP contribution in [-0.4, -0.2) is 29.5 Å². The van der Waals surface area contributed by atoms with Crippen molar-refractivity contribution in [2.45, 2.75) is 38.8 Å². The lowest BCUT2D eigenvalue weighted by Crippen LogP contribution is -2.45. The van der Waals surface area contributed by atoms with E-state index in [1.165, 1.54) is 19.3 Å². The summed E-state index contributed by atoms with van der Waals surface area (Å²) in [4.78, 5) is 6.92. The van der Waals surface area contributed by atoms with Gasteiger partial charge in [0.1, 0.15) is 0 Å². The van der Waals surface area contributed by atoms with Crippen LogP contribution >= 0.6 is 0 Å². The maximum atomic E-state index is 5.91. The van der Waals surface area contributed by atoms with Gasteiger partial charge in [-0.1, -0.05) is 12.5 Å². The van der Waals surface area contributed by atoms with Crippen molar-refractivity contribution in [1.82, 2.24) is 9.88 Å². The Labute approximate surface area is 104 Å². The Kier molecular flexibility index (Phi) is 4.13. The van der Waals surface area contributed by atoms with Crippen LogP contribution in [-0.2, 0) is 6.54 Å². The lowest BCUT2D eigenvalue weighted by Gasteiger charge is -2.38. The first-order valence-electron chi connectivity index (χ1n) is 6.53. The predicted molar refractivity (Wildman–Crippen MR) is 70.6 cm³/mol. The average Bonchev–Trinajstić information content (AvgIpc) is 2.22. The standard InChI is InChI=1S/C14H23N3/c1-11-5-3-8-13(16-11)10-17(2)14(9-15)12-6-4-7-12/h3,5,8,12,14H,4,6-7,9-10,15H2,1-2H3. The summed E-state index contributed by atoms with van der Waals surface area (Å²) in [6, 6.07) is 6.73. The van der Waals surface area contributed by atoms with E-state index in [2.05, 4.69) is 29.1 Å². The fourth-order valence-electron chi connectivity index (χ4n) is 2.62. The highest BCUT2D eigenvalue weighted by Gasteiger charge is 2.29. The second-order valence-corrected chi connectivity index (χ2v) is 5.18. The van der Waals surface area contributed by atoms with Crippen molar-refractivity contribution in [2.24, 2.45) is 11.7 Å². The first-order chi connectivity index (χ1) is 8.20. The topological polar surface area (TPSA) is 42.1 Å². The molecule has 2 N–H and O–H groups in total. The minimum Gasteiger partial charge on any atom is -0.329 e. The van der Waals surface area contributed by atoms with Gasteiger partial charge in [-0.25, -0.2) is 0 Å². The summed E-state index contributed by atoms with van der Waals surface area (Å²) in [5.74, 6) is 0.801. The fourth-order valence-corrected chi connectivity index (χ4v) is 2.62. The molecule has 1 atom stereocenters. The van der Waals surface area contributed by atoms with E-state index in [0.717, 1.165) is 30.4 Å². The van der Waals surface area contributed by atoms with Gasteiger partial charge in [0, 0.05) is 24.8 Å². The Bertz CT molecular complexity index is 360. The molecule has 1 saturated carbocycles. The third-order valence-corrected chi connectivity index (χ3v) is 3.86. The van der Waals surface area contributed by atoms with Gasteiger partial charge in [-0.15, -0.1) is 0 Å². The van der Waals surface area contributed by atoms with Crippen LogP contribution in [0.5, 0.6) is 0 Å². The summed E-state index contributed by atoms with van der Waals surface area (Å²) in [6.07, 6.45) is 4.05. The molecule has 17 heavy (non-hydrogen) atoms. The quantitative estimate of drug-likeness (QED) is 0.845. The second kappa shape index (κ2) is 5.61. The minimum atomic E-state index is 0.520. The molecule has 0 aliphatic heterocycles. The molecule has 1 fully saturated rings. The van der Waals surface area contributed by atoms with Gasteiger partial charge in [-0.05, 0) is 44.9 Å². The number of pyridine rings is 1. The second-order valence-electron chi connectivity index (χ2n) is 5.18. The molecule has 0 amide bonds. The third-order valence-electron chi connectivity index (χ3n) is 3.86. The Morgan fingerprint density at radius 2 is 2.24 bits per heavy atom. The molecule has 1 heterocycles. The first kappa shape index (κ1) is 12.5. The molecule has 1 aliphatic carbocycles. The summed E-state index contributed by atoms with van der Waals surface area (Å²) >= 11 is 0. The molecule has 2 rings (SSSR count). The molecular weight excluding hydrogens is 210 g/mol. The zero-order valence-electron chi connectivity index (χ0n) is 10.9. The fraction of sp³-hybridized carbons (Fsp3) is 0.643. The molecule has 0 radical (unpaired) electrons. The highest BCUT2D eigenvalue weighted by Crippen LogP contribution is 2.31. The highest BCUT2D eigenvalue weighted by atomic mass is 15.1. The molecule has 1 aliphatic rings. The largest absolute Gasteiger partial charge is 0.329 e. The van der Waals surface area contributed by atoms with E-state index in [0.29, 0.717) is 6.04 Å². The Hall–Kier alpha value is -0.930. The SMILES string of the molecule is Cc1cccc(CN(C)C(CN)C2CCC2)n1. The average molecular weight is 233 g/mol. The number of likely N-dealkylation sites (N-methyl/N-ethyl adjacent to an activating group) is 1. The molecule has 0 bridgehead atoms. The van der Waals surface area contributed by atoms with Gasteiger partial charge < -0.3 is 5.73 Å². The van der Waals surface area contributed by atoms with Crippen LogP contribution in [0.3, 0.4) is 0 Å². The van der Waals surface area contributed by atoms with E-state index in [9.17, 15) is 0 Å². The molecule has 94 valence electrons. The summed E-state index contributed by atoms with van der Waals surface area (Å²) < 4.78 is 0. The monoisotopic (exact) mass is 233 g/mol. The smallest absolute Gasteiger partial charge is 0.0547 e. The molecule has 0 aromatic carbocycles. The van der Waals surface area contributed by atoms with E-state index < -0.39 is 0 Å². The van der Waals surface area contributed by atoms with Crippen LogP contribution in [0.2, 0.25) is 0 Å². The van der Waals surface area contributed by atoms with Crippen molar-refractivity contribution in [3.63, 3.8) is 0 Å². The number of hydrogen-bond donors (Lipinski definition) is 1. The van der Waals surface area contributed by atoms with E-state index >= 15 is 0 Å². The third kappa shape index (κ3) is 3.05. The number of aromatic nitrogens is 1. The lowest BCUT2D eigenvalue weighted by molar-refractivity contribution is 0.117. The highest BCUT2D eigenvalue weighted by molar-refractivity contribution is 5.10. The molecule has 0 spiro atoms. The number of rotatable bonds is 5. The number of aryl methyl sites for hydroxylation is 1. The maximum absolute atomic E-state index is 5.91. The molecule has 0 saturated heterocycles. The number of hydrogen-bond acceptors (Lipinski definition) is 3. The predicted octanol–water partition coefficient (Wildman–Crippen LogP) is 1.95. The molecular formula is C14H23N3. The molecule has 3 nitrogen and oxygen atoms in total. The van der Waals surface area contributed by atoms with E-state index in [1.807, 2.05) is 13.0 Å². The normalized spacial score (nSPS) is 18.1. The van der Waals surface area contributed by atoms with E-state index in [4.69, 9.17) is 5.73 Å². The van der Waals surface area contributed by atoms with Gasteiger partial charge >= 0.3 is 0 Å². The Balaban J connectivity index is 1.96. The van der Waals surface area contributed by atoms with Gasteiger partial charge in [0.05, 0.1) is 5.69 Å². The summed E-state index contributed by atoms with van der Waals surface area (Å²) in [7, 11) is 2.17. The lowest BCUT2D eigenvalue weighted by atomic mass is 9.79. The maximum Gasteiger partial charge on any atom is 0.0547 e. The summed E-state index contributed by atoms with van der Waals surface area (Å²) in [5.41, 5.74) is 8.14. The van der Waals surface area contributed by atoms with Gasteiger partial charge in [0.15, 0.2) is 0 Å². The van der Waals surface area contributed by atoms with Crippen molar-refractivity contribution in [2.75, 3.05) is 13.6 Å². The van der Waals surface area contributed by atoms with Crippen molar-refractivity contribution < 1.29 is 0 Å². The van der Waals surface area contributed by atoms with Crippen LogP contribution in [0.25, 0.3) is 0 Å². The Morgan fingerprint density at radius 3 is 2.76 bits per heavy atom. The zero-order chi connectivity index (χ0) is 12.3. The van der Waals surface area contributed by atoms with E-state index in [1.54, 1.807) is 0 Å². The molecule has 1 unspecified atom stereocenters. The van der Waals surface area contributed by atoms with Crippen LogP contribution in [0.1, 0.15) is 30.7 Å². The summed E-state index contributed by atoms with van der Waals surface area (Å²) in [6.45, 7) is 3.70. The van der Waals surface area contributed by atoms with Crippen LogP contribution in [0.4, 0.5) is 0 Å². The number of nitrogens with zero attached hydrogens (tertiary/aromatic N) is 2. The first-order valence-corrected chi connectivity index (χ1v) is 6.53. The van der Waals surface area contributed by atoms with Crippen LogP contribution in [0, 0.1) is 12.8 Å². The van der Waals surface area contributed by atoms with Crippen LogP contribution in [0.15, 0.2) is 18.2 Å². The van der Waals surface area contributed by atoms with Crippen LogP contribution < -0.4 is 5.73 Å². The van der Waals surface area contributed by atoms with E-state index in [-0.39, 0.29) is 0 Å². The van der Waals surface area contributed by atoms with Crippen molar-refractivity contribution in [3.8, 4) is 0 Å². The van der Waals surface area contributed by atoms with Gasteiger partial charge in [-0.2, -0.15) is 0 Å². The van der Waals surface area contributed by atoms with Crippen molar-refractivity contribution in [3.05, 3.63) is 29.6 Å². The molecule has 3 heteroatoms. The van der Waals surface area contributed by atoms with Crippen molar-refractivity contribution in [1.29, 1.82) is 0 Å². The Morgan fingerprint density at radius 1 is 1.47 bits per heavy atom. The van der Waals surface area contributed by atoms with Gasteiger partial charge in [0.2, 0.25) is 0 Å². The molecule has 1 aromatic rings. The zero-order valence-corrected chi connectivity index (χ0v) is 10.9. The summed E-state index contributed by atoms with van der Waals surface area (Å²) in [5, 5.41) is 0. The number of nitrogens with two attached hydrogens (primary N) is 1.